The SMILES string of the molecule is Cc1[nH]ncc1CNc1ccc([N+](=O)[O-])cc1[N+](=O)[O-]. The number of benzene rings is 1. The van der Waals surface area contributed by atoms with Crippen molar-refractivity contribution in [1.82, 2.24) is 10.2 Å². The Balaban J connectivity index is 2.25. The van der Waals surface area contributed by atoms with Crippen molar-refractivity contribution in [2.75, 3.05) is 5.32 Å². The van der Waals surface area contributed by atoms with Crippen molar-refractivity contribution in [2.45, 2.75) is 13.5 Å². The van der Waals surface area contributed by atoms with Gasteiger partial charge in [-0.3, -0.25) is 25.3 Å². The zero-order valence-corrected chi connectivity index (χ0v) is 10.5. The molecular weight excluding hydrogens is 266 g/mol. The molecule has 0 saturated heterocycles. The van der Waals surface area contributed by atoms with E-state index in [9.17, 15) is 20.2 Å². The predicted octanol–water partition coefficient (Wildman–Crippen LogP) is 2.15. The minimum absolute atomic E-state index is 0.223. The maximum atomic E-state index is 10.9. The highest BCUT2D eigenvalue weighted by molar-refractivity contribution is 5.65. The zero-order valence-electron chi connectivity index (χ0n) is 10.5. The summed E-state index contributed by atoms with van der Waals surface area (Å²) in [7, 11) is 0. The van der Waals surface area contributed by atoms with Crippen LogP contribution in [-0.4, -0.2) is 20.0 Å². The van der Waals surface area contributed by atoms with Crippen LogP contribution in [0.3, 0.4) is 0 Å². The van der Waals surface area contributed by atoms with Crippen LogP contribution in [0.25, 0.3) is 0 Å². The quantitative estimate of drug-likeness (QED) is 0.636. The van der Waals surface area contributed by atoms with Crippen LogP contribution in [0, 0.1) is 27.2 Å². The Morgan fingerprint density at radius 1 is 1.30 bits per heavy atom. The number of aromatic nitrogens is 2. The highest BCUT2D eigenvalue weighted by atomic mass is 16.6. The third-order valence-electron chi connectivity index (χ3n) is 2.79. The van der Waals surface area contributed by atoms with Crippen LogP contribution in [0.5, 0.6) is 0 Å². The molecule has 0 aliphatic heterocycles. The molecule has 2 N–H and O–H groups in total. The monoisotopic (exact) mass is 277 g/mol. The molecule has 0 spiro atoms. The predicted molar refractivity (Wildman–Crippen MR) is 70.4 cm³/mol. The van der Waals surface area contributed by atoms with Gasteiger partial charge in [0.1, 0.15) is 5.69 Å². The van der Waals surface area contributed by atoms with E-state index in [2.05, 4.69) is 15.5 Å². The number of H-pyrrole nitrogens is 1. The van der Waals surface area contributed by atoms with Crippen LogP contribution in [0.4, 0.5) is 17.1 Å². The Kier molecular flexibility index (Phi) is 3.60. The van der Waals surface area contributed by atoms with Gasteiger partial charge in [0.2, 0.25) is 0 Å². The first-order chi connectivity index (χ1) is 9.49. The molecule has 20 heavy (non-hydrogen) atoms. The lowest BCUT2D eigenvalue weighted by Crippen LogP contribution is -2.03. The lowest BCUT2D eigenvalue weighted by molar-refractivity contribution is -0.393. The number of nitro groups is 2. The number of non-ortho nitro benzene ring substituents is 1. The summed E-state index contributed by atoms with van der Waals surface area (Å²) >= 11 is 0. The molecule has 1 aromatic heterocycles. The minimum Gasteiger partial charge on any atom is -0.375 e. The standard InChI is InChI=1S/C11H11N5O4/c1-7-8(6-13-14-7)5-12-10-3-2-9(15(17)18)4-11(10)16(19)20/h2-4,6,12H,5H2,1H3,(H,13,14). The van der Waals surface area contributed by atoms with Gasteiger partial charge in [-0.15, -0.1) is 0 Å². The van der Waals surface area contributed by atoms with Crippen LogP contribution >= 0.6 is 0 Å². The van der Waals surface area contributed by atoms with Crippen molar-refractivity contribution >= 4 is 17.1 Å². The van der Waals surface area contributed by atoms with E-state index in [1.807, 2.05) is 6.92 Å². The van der Waals surface area contributed by atoms with Gasteiger partial charge < -0.3 is 5.32 Å². The van der Waals surface area contributed by atoms with Gasteiger partial charge in [0.25, 0.3) is 11.4 Å². The first-order valence-corrected chi connectivity index (χ1v) is 5.64. The fourth-order valence-corrected chi connectivity index (χ4v) is 1.68. The number of rotatable bonds is 5. The summed E-state index contributed by atoms with van der Waals surface area (Å²) in [5.74, 6) is 0. The van der Waals surface area contributed by atoms with Crippen molar-refractivity contribution in [1.29, 1.82) is 0 Å². The molecule has 0 atom stereocenters. The molecule has 0 aliphatic rings. The number of nitrogens with one attached hydrogen (secondary N) is 2. The number of aryl methyl sites for hydroxylation is 1. The molecule has 104 valence electrons. The molecule has 0 amide bonds. The van der Waals surface area contributed by atoms with Crippen molar-refractivity contribution in [3.05, 3.63) is 55.9 Å². The molecule has 0 fully saturated rings. The smallest absolute Gasteiger partial charge is 0.299 e. The number of hydrogen-bond acceptors (Lipinski definition) is 6. The number of hydrogen-bond donors (Lipinski definition) is 2. The molecule has 9 nitrogen and oxygen atoms in total. The number of nitrogens with zero attached hydrogens (tertiary/aromatic N) is 3. The van der Waals surface area contributed by atoms with E-state index in [4.69, 9.17) is 0 Å². The second-order valence-corrected chi connectivity index (χ2v) is 4.09. The molecule has 2 aromatic rings. The number of nitro benzene ring substituents is 2. The van der Waals surface area contributed by atoms with Gasteiger partial charge in [-0.25, -0.2) is 0 Å². The average Bonchev–Trinajstić information content (AvgIpc) is 2.81. The Morgan fingerprint density at radius 3 is 2.60 bits per heavy atom. The van der Waals surface area contributed by atoms with Gasteiger partial charge in [-0.05, 0) is 13.0 Å². The second kappa shape index (κ2) is 5.34. The van der Waals surface area contributed by atoms with E-state index < -0.39 is 9.85 Å². The number of aromatic amines is 1. The van der Waals surface area contributed by atoms with Gasteiger partial charge in [-0.2, -0.15) is 5.10 Å². The zero-order chi connectivity index (χ0) is 14.7. The van der Waals surface area contributed by atoms with Gasteiger partial charge in [0.15, 0.2) is 0 Å². The molecule has 0 saturated carbocycles. The summed E-state index contributed by atoms with van der Waals surface area (Å²) in [6, 6.07) is 3.48. The van der Waals surface area contributed by atoms with E-state index >= 15 is 0 Å². The van der Waals surface area contributed by atoms with Crippen molar-refractivity contribution in [2.24, 2.45) is 0 Å². The second-order valence-electron chi connectivity index (χ2n) is 4.09. The Hall–Kier alpha value is -2.97. The topological polar surface area (TPSA) is 127 Å². The molecule has 0 radical (unpaired) electrons. The summed E-state index contributed by atoms with van der Waals surface area (Å²) in [4.78, 5) is 20.3. The maximum Gasteiger partial charge on any atom is 0.299 e. The van der Waals surface area contributed by atoms with Crippen LogP contribution in [0.1, 0.15) is 11.3 Å². The summed E-state index contributed by atoms with van der Waals surface area (Å²) in [6.07, 6.45) is 1.61. The summed E-state index contributed by atoms with van der Waals surface area (Å²) in [5.41, 5.74) is 1.28. The maximum absolute atomic E-state index is 10.9. The van der Waals surface area contributed by atoms with E-state index in [0.29, 0.717) is 6.54 Å². The Morgan fingerprint density at radius 2 is 2.05 bits per heavy atom. The lowest BCUT2D eigenvalue weighted by Gasteiger charge is -2.06. The molecule has 0 bridgehead atoms. The number of anilines is 1. The first-order valence-electron chi connectivity index (χ1n) is 5.64. The van der Waals surface area contributed by atoms with Gasteiger partial charge in [-0.1, -0.05) is 0 Å². The molecule has 1 heterocycles. The highest BCUT2D eigenvalue weighted by Crippen LogP contribution is 2.29. The van der Waals surface area contributed by atoms with Crippen molar-refractivity contribution in [3.8, 4) is 0 Å². The minimum atomic E-state index is -0.670. The highest BCUT2D eigenvalue weighted by Gasteiger charge is 2.19. The third kappa shape index (κ3) is 2.71. The van der Waals surface area contributed by atoms with E-state index in [1.165, 1.54) is 12.1 Å². The summed E-state index contributed by atoms with van der Waals surface area (Å²) < 4.78 is 0. The Labute approximate surface area is 112 Å². The van der Waals surface area contributed by atoms with E-state index in [0.717, 1.165) is 17.3 Å². The molecule has 9 heteroatoms. The van der Waals surface area contributed by atoms with Crippen molar-refractivity contribution in [3.63, 3.8) is 0 Å². The normalized spacial score (nSPS) is 10.2. The lowest BCUT2D eigenvalue weighted by atomic mass is 10.2. The van der Waals surface area contributed by atoms with Crippen LogP contribution in [-0.2, 0) is 6.54 Å². The average molecular weight is 277 g/mol. The van der Waals surface area contributed by atoms with Crippen LogP contribution in [0.2, 0.25) is 0 Å². The summed E-state index contributed by atoms with van der Waals surface area (Å²) in [5, 5.41) is 31.0. The van der Waals surface area contributed by atoms with E-state index in [-0.39, 0.29) is 17.1 Å². The van der Waals surface area contributed by atoms with Gasteiger partial charge in [0.05, 0.1) is 22.1 Å². The van der Waals surface area contributed by atoms with Gasteiger partial charge >= 0.3 is 0 Å². The van der Waals surface area contributed by atoms with Crippen LogP contribution in [0.15, 0.2) is 24.4 Å². The third-order valence-corrected chi connectivity index (χ3v) is 2.79. The molecular formula is C11H11N5O4. The molecule has 0 unspecified atom stereocenters. The van der Waals surface area contributed by atoms with Gasteiger partial charge in [0, 0.05) is 23.9 Å². The molecule has 0 aliphatic carbocycles. The fourth-order valence-electron chi connectivity index (χ4n) is 1.68. The molecule has 2 rings (SSSR count). The summed E-state index contributed by atoms with van der Waals surface area (Å²) in [6.45, 7) is 2.16. The fraction of sp³-hybridized carbons (Fsp3) is 0.182. The van der Waals surface area contributed by atoms with Crippen LogP contribution < -0.4 is 5.32 Å². The Bertz CT molecular complexity index is 667. The molecule has 1 aromatic carbocycles. The van der Waals surface area contributed by atoms with Crippen molar-refractivity contribution < 1.29 is 9.85 Å². The van der Waals surface area contributed by atoms with E-state index in [1.54, 1.807) is 6.20 Å². The largest absolute Gasteiger partial charge is 0.375 e. The first kappa shape index (κ1) is 13.5.